The fourth-order valence-electron chi connectivity index (χ4n) is 2.67. The maximum absolute atomic E-state index is 5.94. The van der Waals surface area contributed by atoms with Gasteiger partial charge >= 0.3 is 0 Å². The SMILES string of the molecule is CC(C)(C)NCC1CCOC2(CCC2)C1. The van der Waals surface area contributed by atoms with Crippen molar-refractivity contribution in [2.45, 2.75) is 64.0 Å². The van der Waals surface area contributed by atoms with Gasteiger partial charge in [0.1, 0.15) is 0 Å². The first-order valence-corrected chi connectivity index (χ1v) is 6.38. The van der Waals surface area contributed by atoms with Crippen LogP contribution in [0.4, 0.5) is 0 Å². The molecule has 1 spiro atoms. The van der Waals surface area contributed by atoms with E-state index in [0.29, 0.717) is 5.60 Å². The van der Waals surface area contributed by atoms with Gasteiger partial charge in [-0.25, -0.2) is 0 Å². The van der Waals surface area contributed by atoms with Crippen LogP contribution in [0, 0.1) is 5.92 Å². The van der Waals surface area contributed by atoms with E-state index in [1.165, 1.54) is 32.1 Å². The predicted octanol–water partition coefficient (Wildman–Crippen LogP) is 2.72. The molecular formula is C13H25NO. The van der Waals surface area contributed by atoms with E-state index in [2.05, 4.69) is 26.1 Å². The summed E-state index contributed by atoms with van der Waals surface area (Å²) >= 11 is 0. The van der Waals surface area contributed by atoms with Gasteiger partial charge in [-0.05, 0) is 65.3 Å². The Bertz CT molecular complexity index is 215. The molecule has 2 nitrogen and oxygen atoms in total. The van der Waals surface area contributed by atoms with Crippen molar-refractivity contribution in [2.75, 3.05) is 13.2 Å². The van der Waals surface area contributed by atoms with E-state index in [-0.39, 0.29) is 5.54 Å². The molecule has 2 aliphatic rings. The lowest BCUT2D eigenvalue weighted by atomic mass is 9.72. The van der Waals surface area contributed by atoms with Crippen molar-refractivity contribution >= 4 is 0 Å². The molecule has 88 valence electrons. The Balaban J connectivity index is 1.78. The van der Waals surface area contributed by atoms with Crippen LogP contribution in [0.2, 0.25) is 0 Å². The van der Waals surface area contributed by atoms with E-state index >= 15 is 0 Å². The molecule has 2 heteroatoms. The summed E-state index contributed by atoms with van der Waals surface area (Å²) in [6.45, 7) is 8.87. The van der Waals surface area contributed by atoms with Gasteiger partial charge in [0.2, 0.25) is 0 Å². The van der Waals surface area contributed by atoms with Crippen LogP contribution < -0.4 is 5.32 Å². The van der Waals surface area contributed by atoms with Crippen LogP contribution in [0.1, 0.15) is 52.9 Å². The van der Waals surface area contributed by atoms with Gasteiger partial charge in [0, 0.05) is 12.1 Å². The molecule has 0 aromatic heterocycles. The normalized spacial score (nSPS) is 30.2. The van der Waals surface area contributed by atoms with Crippen LogP contribution in [0.3, 0.4) is 0 Å². The highest BCUT2D eigenvalue weighted by Crippen LogP contribution is 2.44. The lowest BCUT2D eigenvalue weighted by molar-refractivity contribution is -0.143. The summed E-state index contributed by atoms with van der Waals surface area (Å²) in [5.74, 6) is 0.832. The number of hydrogen-bond donors (Lipinski definition) is 1. The van der Waals surface area contributed by atoms with Gasteiger partial charge in [-0.2, -0.15) is 0 Å². The van der Waals surface area contributed by atoms with E-state index in [4.69, 9.17) is 4.74 Å². The largest absolute Gasteiger partial charge is 0.375 e. The highest BCUT2D eigenvalue weighted by molar-refractivity contribution is 4.94. The van der Waals surface area contributed by atoms with Gasteiger partial charge in [0.25, 0.3) is 0 Å². The monoisotopic (exact) mass is 211 g/mol. The topological polar surface area (TPSA) is 21.3 Å². The van der Waals surface area contributed by atoms with Crippen molar-refractivity contribution in [1.82, 2.24) is 5.32 Å². The number of ether oxygens (including phenoxy) is 1. The van der Waals surface area contributed by atoms with Crippen LogP contribution in [-0.4, -0.2) is 24.3 Å². The fraction of sp³-hybridized carbons (Fsp3) is 1.00. The van der Waals surface area contributed by atoms with Crippen LogP contribution in [0.5, 0.6) is 0 Å². The summed E-state index contributed by atoms with van der Waals surface area (Å²) in [5.41, 5.74) is 0.563. The predicted molar refractivity (Wildman–Crippen MR) is 63.0 cm³/mol. The van der Waals surface area contributed by atoms with Gasteiger partial charge in [-0.15, -0.1) is 0 Å². The molecule has 1 aliphatic heterocycles. The van der Waals surface area contributed by atoms with Crippen molar-refractivity contribution in [1.29, 1.82) is 0 Å². The Morgan fingerprint density at radius 3 is 2.60 bits per heavy atom. The molecule has 1 unspecified atom stereocenters. The molecule has 0 bridgehead atoms. The maximum Gasteiger partial charge on any atom is 0.0685 e. The van der Waals surface area contributed by atoms with E-state index in [1.54, 1.807) is 0 Å². The van der Waals surface area contributed by atoms with Crippen molar-refractivity contribution in [3.63, 3.8) is 0 Å². The zero-order valence-electron chi connectivity index (χ0n) is 10.4. The summed E-state index contributed by atoms with van der Waals surface area (Å²) in [4.78, 5) is 0. The van der Waals surface area contributed by atoms with E-state index in [9.17, 15) is 0 Å². The van der Waals surface area contributed by atoms with Gasteiger partial charge in [-0.3, -0.25) is 0 Å². The molecule has 1 N–H and O–H groups in total. The fourth-order valence-corrected chi connectivity index (χ4v) is 2.67. The first kappa shape index (κ1) is 11.4. The molecule has 0 radical (unpaired) electrons. The van der Waals surface area contributed by atoms with E-state index in [0.717, 1.165) is 19.1 Å². The first-order valence-electron chi connectivity index (χ1n) is 6.38. The Morgan fingerprint density at radius 1 is 1.33 bits per heavy atom. The minimum Gasteiger partial charge on any atom is -0.375 e. The van der Waals surface area contributed by atoms with Gasteiger partial charge in [0.15, 0.2) is 0 Å². The van der Waals surface area contributed by atoms with E-state index < -0.39 is 0 Å². The van der Waals surface area contributed by atoms with Crippen LogP contribution >= 0.6 is 0 Å². The lowest BCUT2D eigenvalue weighted by Crippen LogP contribution is -2.49. The Hall–Kier alpha value is -0.0800. The molecule has 1 aliphatic carbocycles. The van der Waals surface area contributed by atoms with Crippen LogP contribution in [0.25, 0.3) is 0 Å². The molecule has 2 fully saturated rings. The summed E-state index contributed by atoms with van der Waals surface area (Å²) in [5, 5.41) is 3.62. The summed E-state index contributed by atoms with van der Waals surface area (Å²) in [6.07, 6.45) is 6.51. The van der Waals surface area contributed by atoms with Crippen molar-refractivity contribution in [3.8, 4) is 0 Å². The van der Waals surface area contributed by atoms with Gasteiger partial charge in [-0.1, -0.05) is 0 Å². The third kappa shape index (κ3) is 2.94. The van der Waals surface area contributed by atoms with E-state index in [1.807, 2.05) is 0 Å². The Morgan fingerprint density at radius 2 is 2.07 bits per heavy atom. The number of hydrogen-bond acceptors (Lipinski definition) is 2. The first-order chi connectivity index (χ1) is 6.99. The summed E-state index contributed by atoms with van der Waals surface area (Å²) in [7, 11) is 0. The maximum atomic E-state index is 5.94. The number of rotatable bonds is 2. The molecule has 2 rings (SSSR count). The Labute approximate surface area is 93.8 Å². The molecule has 1 saturated carbocycles. The quantitative estimate of drug-likeness (QED) is 0.758. The zero-order chi connectivity index (χ0) is 10.9. The van der Waals surface area contributed by atoms with Crippen LogP contribution in [-0.2, 0) is 4.74 Å². The third-order valence-electron chi connectivity index (χ3n) is 3.78. The van der Waals surface area contributed by atoms with Gasteiger partial charge in [0.05, 0.1) is 5.60 Å². The van der Waals surface area contributed by atoms with Crippen LogP contribution in [0.15, 0.2) is 0 Å². The number of nitrogens with one attached hydrogen (secondary N) is 1. The standard InChI is InChI=1S/C13H25NO/c1-12(2,3)14-10-11-5-8-15-13(9-11)6-4-7-13/h11,14H,4-10H2,1-3H3. The highest BCUT2D eigenvalue weighted by atomic mass is 16.5. The van der Waals surface area contributed by atoms with Crippen molar-refractivity contribution in [2.24, 2.45) is 5.92 Å². The van der Waals surface area contributed by atoms with Crippen molar-refractivity contribution in [3.05, 3.63) is 0 Å². The van der Waals surface area contributed by atoms with Crippen molar-refractivity contribution < 1.29 is 4.74 Å². The average molecular weight is 211 g/mol. The second-order valence-electron chi connectivity index (χ2n) is 6.37. The molecule has 15 heavy (non-hydrogen) atoms. The lowest BCUT2D eigenvalue weighted by Gasteiger charge is -2.47. The second-order valence-corrected chi connectivity index (χ2v) is 6.37. The minimum absolute atomic E-state index is 0.255. The second kappa shape index (κ2) is 4.06. The molecule has 1 saturated heterocycles. The molecule has 0 aromatic rings. The summed E-state index contributed by atoms with van der Waals surface area (Å²) < 4.78 is 5.94. The van der Waals surface area contributed by atoms with Gasteiger partial charge < -0.3 is 10.1 Å². The molecule has 1 heterocycles. The summed E-state index contributed by atoms with van der Waals surface area (Å²) in [6, 6.07) is 0. The molecule has 0 amide bonds. The average Bonchev–Trinajstić information content (AvgIpc) is 2.12. The Kier molecular flexibility index (Phi) is 3.09. The highest BCUT2D eigenvalue weighted by Gasteiger charge is 2.42. The zero-order valence-corrected chi connectivity index (χ0v) is 10.4. The molecule has 1 atom stereocenters. The smallest absolute Gasteiger partial charge is 0.0685 e. The molecular weight excluding hydrogens is 186 g/mol. The third-order valence-corrected chi connectivity index (χ3v) is 3.78. The molecule has 0 aromatic carbocycles. The minimum atomic E-state index is 0.255.